The first-order valence-corrected chi connectivity index (χ1v) is 7.28. The molecule has 1 aromatic carbocycles. The summed E-state index contributed by atoms with van der Waals surface area (Å²) < 4.78 is 62.9. The Hall–Kier alpha value is -2.01. The number of alkyl halides is 3. The maximum Gasteiger partial charge on any atom is 0.522 e. The summed E-state index contributed by atoms with van der Waals surface area (Å²) in [6.07, 6.45) is 0.977. The number of benzene rings is 1. The molecule has 11 heteroatoms. The summed E-state index contributed by atoms with van der Waals surface area (Å²) in [7, 11) is -5.84. The van der Waals surface area contributed by atoms with E-state index in [4.69, 9.17) is 29.2 Å². The maximum absolute atomic E-state index is 10.7. The van der Waals surface area contributed by atoms with Crippen molar-refractivity contribution < 1.29 is 30.9 Å². The van der Waals surface area contributed by atoms with Gasteiger partial charge >= 0.3 is 15.6 Å². The smallest absolute Gasteiger partial charge is 0.493 e. The van der Waals surface area contributed by atoms with Gasteiger partial charge < -0.3 is 16.2 Å². The highest BCUT2D eigenvalue weighted by Gasteiger charge is 2.44. The van der Waals surface area contributed by atoms with Crippen LogP contribution in [0.15, 0.2) is 23.2 Å². The third-order valence-corrected chi connectivity index (χ3v) is 3.08. The van der Waals surface area contributed by atoms with Gasteiger partial charge in [-0.15, -0.1) is 0 Å². The Bertz CT molecular complexity index is 655. The van der Waals surface area contributed by atoms with Gasteiger partial charge in [-0.1, -0.05) is 12.1 Å². The van der Waals surface area contributed by atoms with Crippen molar-refractivity contribution in [1.82, 2.24) is 0 Å². The Balaban J connectivity index is 0.000000261. The van der Waals surface area contributed by atoms with Gasteiger partial charge in [-0.3, -0.25) is 4.55 Å². The second-order valence-electron chi connectivity index (χ2n) is 4.20. The molecule has 0 atom stereocenters. The molecule has 0 aliphatic carbocycles. The van der Waals surface area contributed by atoms with Gasteiger partial charge in [-0.25, -0.2) is 4.99 Å². The minimum absolute atomic E-state index is 0.127. The maximum atomic E-state index is 10.7. The standard InChI is InChI=1S/C10H13N3O.CHF3O3S/c11-10(12)13-6-7-1-2-9-8(5-7)3-4-14-9;2-1(3,4)8(5,6)7/h1-2,5H,3-4,6H2,(H4,11,12,13);(H,5,6,7). The fraction of sp³-hybridized carbons (Fsp3) is 0.364. The Morgan fingerprint density at radius 1 is 1.36 bits per heavy atom. The first-order chi connectivity index (χ1) is 10.0. The van der Waals surface area contributed by atoms with E-state index in [0.717, 1.165) is 24.3 Å². The highest BCUT2D eigenvalue weighted by atomic mass is 32.2. The van der Waals surface area contributed by atoms with Crippen LogP contribution >= 0.6 is 0 Å². The van der Waals surface area contributed by atoms with Crippen LogP contribution in [0.3, 0.4) is 0 Å². The molecular formula is C11H14F3N3O4S. The van der Waals surface area contributed by atoms with Crippen LogP contribution in [-0.2, 0) is 23.1 Å². The Kier molecular flexibility index (Phi) is 5.60. The van der Waals surface area contributed by atoms with Crippen LogP contribution in [0.4, 0.5) is 13.2 Å². The van der Waals surface area contributed by atoms with E-state index in [1.807, 2.05) is 12.1 Å². The molecule has 0 spiro atoms. The van der Waals surface area contributed by atoms with Gasteiger partial charge in [0.05, 0.1) is 13.2 Å². The summed E-state index contributed by atoms with van der Waals surface area (Å²) in [5.74, 6) is 1.11. The van der Waals surface area contributed by atoms with Crippen molar-refractivity contribution in [3.05, 3.63) is 29.3 Å². The predicted molar refractivity (Wildman–Crippen MR) is 72.8 cm³/mol. The fourth-order valence-electron chi connectivity index (χ4n) is 1.52. The van der Waals surface area contributed by atoms with E-state index >= 15 is 0 Å². The molecule has 7 nitrogen and oxygen atoms in total. The minimum atomic E-state index is -5.84. The van der Waals surface area contributed by atoms with Gasteiger partial charge in [-0.2, -0.15) is 21.6 Å². The molecular weight excluding hydrogens is 327 g/mol. The molecule has 1 heterocycles. The van der Waals surface area contributed by atoms with Crippen LogP contribution in [0.5, 0.6) is 5.75 Å². The van der Waals surface area contributed by atoms with Crippen LogP contribution in [0.2, 0.25) is 0 Å². The van der Waals surface area contributed by atoms with E-state index in [2.05, 4.69) is 11.1 Å². The molecule has 124 valence electrons. The molecule has 0 saturated carbocycles. The topological polar surface area (TPSA) is 128 Å². The lowest BCUT2D eigenvalue weighted by Crippen LogP contribution is -2.22. The number of aliphatic imine (C=N–C) groups is 1. The molecule has 0 aromatic heterocycles. The summed E-state index contributed by atoms with van der Waals surface area (Å²) in [5, 5.41) is 0. The van der Waals surface area contributed by atoms with Gasteiger partial charge in [0, 0.05) is 6.42 Å². The van der Waals surface area contributed by atoms with Crippen molar-refractivity contribution in [3.63, 3.8) is 0 Å². The Morgan fingerprint density at radius 2 is 1.95 bits per heavy atom. The van der Waals surface area contributed by atoms with Gasteiger partial charge in [0.2, 0.25) is 0 Å². The number of nitrogens with two attached hydrogens (primary N) is 2. The molecule has 1 aliphatic heterocycles. The summed E-state index contributed by atoms with van der Waals surface area (Å²) in [6.45, 7) is 1.32. The van der Waals surface area contributed by atoms with Crippen LogP contribution in [0, 0.1) is 0 Å². The van der Waals surface area contributed by atoms with Crippen molar-refractivity contribution in [2.24, 2.45) is 16.5 Å². The summed E-state index contributed by atoms with van der Waals surface area (Å²) in [5.41, 5.74) is 7.33. The molecule has 1 aromatic rings. The van der Waals surface area contributed by atoms with Gasteiger partial charge in [-0.05, 0) is 17.2 Å². The summed E-state index contributed by atoms with van der Waals surface area (Å²) in [4.78, 5) is 3.95. The van der Waals surface area contributed by atoms with Crippen LogP contribution < -0.4 is 16.2 Å². The van der Waals surface area contributed by atoms with Gasteiger partial charge in [0.1, 0.15) is 5.75 Å². The number of ether oxygens (including phenoxy) is 1. The van der Waals surface area contributed by atoms with Crippen LogP contribution in [-0.4, -0.2) is 31.0 Å². The lowest BCUT2D eigenvalue weighted by molar-refractivity contribution is -0.0510. The minimum Gasteiger partial charge on any atom is -0.493 e. The monoisotopic (exact) mass is 341 g/mol. The molecule has 0 amide bonds. The number of guanidine groups is 1. The largest absolute Gasteiger partial charge is 0.522 e. The quantitative estimate of drug-likeness (QED) is 0.316. The fourth-order valence-corrected chi connectivity index (χ4v) is 1.52. The van der Waals surface area contributed by atoms with E-state index in [-0.39, 0.29) is 5.96 Å². The molecule has 22 heavy (non-hydrogen) atoms. The zero-order valence-electron chi connectivity index (χ0n) is 11.2. The van der Waals surface area contributed by atoms with Crippen molar-refractivity contribution in [1.29, 1.82) is 0 Å². The van der Waals surface area contributed by atoms with Crippen LogP contribution in [0.25, 0.3) is 0 Å². The average molecular weight is 341 g/mol. The number of nitrogens with zero attached hydrogens (tertiary/aromatic N) is 1. The number of rotatable bonds is 2. The zero-order chi connectivity index (χ0) is 17.0. The summed E-state index contributed by atoms with van der Waals surface area (Å²) in [6, 6.07) is 6.05. The second kappa shape index (κ2) is 6.83. The van der Waals surface area contributed by atoms with E-state index in [9.17, 15) is 13.2 Å². The second-order valence-corrected chi connectivity index (χ2v) is 5.62. The van der Waals surface area contributed by atoms with Crippen LogP contribution in [0.1, 0.15) is 11.1 Å². The van der Waals surface area contributed by atoms with E-state index in [1.165, 1.54) is 5.56 Å². The zero-order valence-corrected chi connectivity index (χ0v) is 12.0. The Morgan fingerprint density at radius 3 is 2.45 bits per heavy atom. The molecule has 0 fully saturated rings. The average Bonchev–Trinajstić information content (AvgIpc) is 2.81. The van der Waals surface area contributed by atoms with Crippen molar-refractivity contribution in [2.45, 2.75) is 18.5 Å². The number of fused-ring (bicyclic) bond motifs is 1. The SMILES string of the molecule is NC(N)=NCc1ccc2c(c1)CCO2.O=S(=O)(O)C(F)(F)F. The molecule has 0 saturated heterocycles. The van der Waals surface area contributed by atoms with E-state index in [0.29, 0.717) is 6.54 Å². The van der Waals surface area contributed by atoms with E-state index < -0.39 is 15.6 Å². The highest BCUT2D eigenvalue weighted by Crippen LogP contribution is 2.26. The number of hydrogen-bond donors (Lipinski definition) is 3. The lowest BCUT2D eigenvalue weighted by atomic mass is 10.1. The number of halogens is 3. The normalized spacial score (nSPS) is 13.5. The van der Waals surface area contributed by atoms with Gasteiger partial charge in [0.15, 0.2) is 5.96 Å². The molecule has 0 unspecified atom stereocenters. The molecule has 1 aliphatic rings. The first kappa shape index (κ1) is 18.0. The molecule has 5 N–H and O–H groups in total. The number of hydrogen-bond acceptors (Lipinski definition) is 4. The van der Waals surface area contributed by atoms with Crippen molar-refractivity contribution in [3.8, 4) is 5.75 Å². The molecule has 0 radical (unpaired) electrons. The predicted octanol–water partition coefficient (Wildman–Crippen LogP) is 0.789. The molecule has 0 bridgehead atoms. The third-order valence-electron chi connectivity index (χ3n) is 2.49. The third kappa shape index (κ3) is 5.41. The van der Waals surface area contributed by atoms with E-state index in [1.54, 1.807) is 0 Å². The molecule has 2 rings (SSSR count). The van der Waals surface area contributed by atoms with Gasteiger partial charge in [0.25, 0.3) is 0 Å². The summed E-state index contributed by atoms with van der Waals surface area (Å²) >= 11 is 0. The highest BCUT2D eigenvalue weighted by molar-refractivity contribution is 7.86. The first-order valence-electron chi connectivity index (χ1n) is 5.84. The lowest BCUT2D eigenvalue weighted by Gasteiger charge is -2.01. The van der Waals surface area contributed by atoms with Crippen molar-refractivity contribution in [2.75, 3.05) is 6.61 Å². The Labute approximate surface area is 124 Å². The van der Waals surface area contributed by atoms with Crippen molar-refractivity contribution >= 4 is 16.1 Å².